The molecule has 0 atom stereocenters. The minimum absolute atomic E-state index is 0.0446. The molecule has 7 nitrogen and oxygen atoms in total. The molecule has 0 unspecified atom stereocenters. The number of aromatic nitrogens is 1. The number of benzene rings is 1. The fourth-order valence-corrected chi connectivity index (χ4v) is 4.28. The van der Waals surface area contributed by atoms with E-state index in [9.17, 15) is 9.59 Å². The molecule has 0 bridgehead atoms. The van der Waals surface area contributed by atoms with Gasteiger partial charge in [0.2, 0.25) is 11.8 Å². The third-order valence-electron chi connectivity index (χ3n) is 4.97. The van der Waals surface area contributed by atoms with Gasteiger partial charge in [0, 0.05) is 50.7 Å². The number of hydrogen-bond acceptors (Lipinski definition) is 6. The third kappa shape index (κ3) is 4.12. The maximum Gasteiger partial charge on any atom is 0.238 e. The van der Waals surface area contributed by atoms with Gasteiger partial charge in [-0.25, -0.2) is 4.98 Å². The zero-order valence-corrected chi connectivity index (χ0v) is 16.0. The molecule has 2 amide bonds. The largest absolute Gasteiger partial charge is 0.346 e. The average Bonchev–Trinajstić information content (AvgIpc) is 3.35. The molecular weight excluding hydrogens is 362 g/mol. The predicted molar refractivity (Wildman–Crippen MR) is 107 cm³/mol. The molecule has 0 aliphatic carbocycles. The molecule has 2 aliphatic heterocycles. The highest BCUT2D eigenvalue weighted by Gasteiger charge is 2.25. The van der Waals surface area contributed by atoms with Gasteiger partial charge in [-0.15, -0.1) is 11.3 Å². The van der Waals surface area contributed by atoms with Crippen molar-refractivity contribution in [2.75, 3.05) is 54.4 Å². The van der Waals surface area contributed by atoms with Crippen LogP contribution < -0.4 is 15.1 Å². The Morgan fingerprint density at radius 1 is 1.15 bits per heavy atom. The molecule has 0 radical (unpaired) electrons. The van der Waals surface area contributed by atoms with Gasteiger partial charge in [-0.2, -0.15) is 0 Å². The summed E-state index contributed by atoms with van der Waals surface area (Å²) in [6, 6.07) is 7.53. The van der Waals surface area contributed by atoms with E-state index in [1.807, 2.05) is 35.8 Å². The zero-order chi connectivity index (χ0) is 18.6. The first-order valence-electron chi connectivity index (χ1n) is 9.27. The van der Waals surface area contributed by atoms with E-state index in [-0.39, 0.29) is 11.8 Å². The van der Waals surface area contributed by atoms with E-state index in [4.69, 9.17) is 0 Å². The first-order valence-corrected chi connectivity index (χ1v) is 10.1. The lowest BCUT2D eigenvalue weighted by Crippen LogP contribution is -2.48. The molecule has 2 saturated heterocycles. The highest BCUT2D eigenvalue weighted by atomic mass is 32.1. The van der Waals surface area contributed by atoms with E-state index in [0.29, 0.717) is 25.2 Å². The second-order valence-corrected chi connectivity index (χ2v) is 7.67. The SMILES string of the molecule is O=C(CN1CCN(c2nccs2)CC1)Nc1ccccc1N1CCCC1=O. The maximum absolute atomic E-state index is 12.6. The van der Waals surface area contributed by atoms with Crippen LogP contribution in [0.5, 0.6) is 0 Å². The fourth-order valence-electron chi connectivity index (χ4n) is 3.58. The van der Waals surface area contributed by atoms with Gasteiger partial charge in [-0.3, -0.25) is 14.5 Å². The van der Waals surface area contributed by atoms with Gasteiger partial charge < -0.3 is 15.1 Å². The lowest BCUT2D eigenvalue weighted by molar-refractivity contribution is -0.118. The van der Waals surface area contributed by atoms with E-state index in [0.717, 1.165) is 43.4 Å². The smallest absolute Gasteiger partial charge is 0.238 e. The number of piperazine rings is 1. The van der Waals surface area contributed by atoms with Crippen molar-refractivity contribution in [1.29, 1.82) is 0 Å². The van der Waals surface area contributed by atoms with Crippen LogP contribution in [0.4, 0.5) is 16.5 Å². The highest BCUT2D eigenvalue weighted by Crippen LogP contribution is 2.29. The van der Waals surface area contributed by atoms with E-state index in [1.54, 1.807) is 16.2 Å². The van der Waals surface area contributed by atoms with Crippen LogP contribution in [0.15, 0.2) is 35.8 Å². The summed E-state index contributed by atoms with van der Waals surface area (Å²) in [6.45, 7) is 4.48. The van der Waals surface area contributed by atoms with Crippen molar-refractivity contribution < 1.29 is 9.59 Å². The van der Waals surface area contributed by atoms with Crippen LogP contribution in [0.1, 0.15) is 12.8 Å². The Labute approximate surface area is 162 Å². The van der Waals surface area contributed by atoms with Gasteiger partial charge in [0.25, 0.3) is 0 Å². The van der Waals surface area contributed by atoms with Crippen LogP contribution in [0.2, 0.25) is 0 Å². The van der Waals surface area contributed by atoms with Crippen LogP contribution >= 0.6 is 11.3 Å². The van der Waals surface area contributed by atoms with Crippen molar-refractivity contribution >= 4 is 39.7 Å². The molecule has 1 N–H and O–H groups in total. The topological polar surface area (TPSA) is 68.8 Å². The predicted octanol–water partition coefficient (Wildman–Crippen LogP) is 2.03. The van der Waals surface area contributed by atoms with E-state index in [2.05, 4.69) is 20.1 Å². The first kappa shape index (κ1) is 17.9. The van der Waals surface area contributed by atoms with E-state index >= 15 is 0 Å². The van der Waals surface area contributed by atoms with Gasteiger partial charge >= 0.3 is 0 Å². The summed E-state index contributed by atoms with van der Waals surface area (Å²) >= 11 is 1.64. The van der Waals surface area contributed by atoms with Gasteiger partial charge in [0.1, 0.15) is 0 Å². The monoisotopic (exact) mass is 385 g/mol. The summed E-state index contributed by atoms with van der Waals surface area (Å²) in [6.07, 6.45) is 3.26. The molecule has 2 aliphatic rings. The zero-order valence-electron chi connectivity index (χ0n) is 15.1. The molecule has 0 saturated carbocycles. The van der Waals surface area contributed by atoms with Crippen molar-refractivity contribution in [3.63, 3.8) is 0 Å². The summed E-state index contributed by atoms with van der Waals surface area (Å²) in [7, 11) is 0. The van der Waals surface area contributed by atoms with Crippen LogP contribution in [0, 0.1) is 0 Å². The number of carbonyl (C=O) groups is 2. The lowest BCUT2D eigenvalue weighted by atomic mass is 10.2. The summed E-state index contributed by atoms with van der Waals surface area (Å²) in [5, 5.41) is 6.02. The highest BCUT2D eigenvalue weighted by molar-refractivity contribution is 7.13. The van der Waals surface area contributed by atoms with Crippen LogP contribution in [-0.2, 0) is 9.59 Å². The van der Waals surface area contributed by atoms with E-state index < -0.39 is 0 Å². The fraction of sp³-hybridized carbons (Fsp3) is 0.421. The van der Waals surface area contributed by atoms with Crippen LogP contribution in [-0.4, -0.2) is 61.0 Å². The van der Waals surface area contributed by atoms with Gasteiger partial charge in [-0.05, 0) is 18.6 Å². The number of anilines is 3. The minimum atomic E-state index is -0.0446. The van der Waals surface area contributed by atoms with Crippen molar-refractivity contribution in [2.24, 2.45) is 0 Å². The molecule has 8 heteroatoms. The second-order valence-electron chi connectivity index (χ2n) is 6.79. The Kier molecular flexibility index (Phi) is 5.35. The number of amides is 2. The first-order chi connectivity index (χ1) is 13.2. The summed E-state index contributed by atoms with van der Waals surface area (Å²) in [5.41, 5.74) is 1.50. The van der Waals surface area contributed by atoms with Gasteiger partial charge in [0.05, 0.1) is 17.9 Å². The number of nitrogens with one attached hydrogen (secondary N) is 1. The second kappa shape index (κ2) is 8.06. The summed E-state index contributed by atoms with van der Waals surface area (Å²) in [4.78, 5) is 35.1. The lowest BCUT2D eigenvalue weighted by Gasteiger charge is -2.34. The molecule has 142 valence electrons. The number of hydrogen-bond donors (Lipinski definition) is 1. The Morgan fingerprint density at radius 2 is 1.96 bits per heavy atom. The van der Waals surface area contributed by atoms with Crippen LogP contribution in [0.25, 0.3) is 0 Å². The number of carbonyl (C=O) groups excluding carboxylic acids is 2. The van der Waals surface area contributed by atoms with Crippen LogP contribution in [0.3, 0.4) is 0 Å². The Hall–Kier alpha value is -2.45. The minimum Gasteiger partial charge on any atom is -0.346 e. The average molecular weight is 385 g/mol. The standard InChI is InChI=1S/C19H23N5O2S/c25-17(14-22-9-11-23(12-10-22)19-20-7-13-27-19)21-15-4-1-2-5-16(15)24-8-3-6-18(24)26/h1-2,4-5,7,13H,3,6,8-12,14H2,(H,21,25). The Balaban J connectivity index is 1.33. The molecule has 1 aromatic heterocycles. The number of rotatable bonds is 5. The van der Waals surface area contributed by atoms with Gasteiger partial charge in [0.15, 0.2) is 5.13 Å². The van der Waals surface area contributed by atoms with Crippen molar-refractivity contribution in [2.45, 2.75) is 12.8 Å². The molecule has 2 fully saturated rings. The number of para-hydroxylation sites is 2. The summed E-state index contributed by atoms with van der Waals surface area (Å²) < 4.78 is 0. The summed E-state index contributed by atoms with van der Waals surface area (Å²) in [5.74, 6) is 0.0757. The normalized spacial score (nSPS) is 18.1. The number of nitrogens with zero attached hydrogens (tertiary/aromatic N) is 4. The van der Waals surface area contributed by atoms with Crippen molar-refractivity contribution in [3.8, 4) is 0 Å². The van der Waals surface area contributed by atoms with Crippen molar-refractivity contribution in [1.82, 2.24) is 9.88 Å². The Bertz CT molecular complexity index is 802. The molecule has 4 rings (SSSR count). The molecular formula is C19H23N5O2S. The molecule has 3 heterocycles. The number of thiazole rings is 1. The Morgan fingerprint density at radius 3 is 2.67 bits per heavy atom. The van der Waals surface area contributed by atoms with Gasteiger partial charge in [-0.1, -0.05) is 12.1 Å². The molecule has 27 heavy (non-hydrogen) atoms. The third-order valence-corrected chi connectivity index (χ3v) is 5.80. The van der Waals surface area contributed by atoms with E-state index in [1.165, 1.54) is 0 Å². The van der Waals surface area contributed by atoms with Crippen molar-refractivity contribution in [3.05, 3.63) is 35.8 Å². The quantitative estimate of drug-likeness (QED) is 0.853. The molecule has 1 aromatic carbocycles. The maximum atomic E-state index is 12.6. The molecule has 0 spiro atoms. The molecule has 2 aromatic rings.